The fourth-order valence-electron chi connectivity index (χ4n) is 3.67. The lowest BCUT2D eigenvalue weighted by Gasteiger charge is -2.39. The standard InChI is InChI=1S/C17H28N4O/c1-13-2-7-17(22)16(20-13)12-19-14-3-5-15(6-4-14)21-10-8-18-9-11-21/h2,7,14-15,18-19,22H,3-6,8-12H2,1H3. The first-order chi connectivity index (χ1) is 10.7. The number of rotatable bonds is 4. The van der Waals surface area contributed by atoms with E-state index in [4.69, 9.17) is 0 Å². The minimum atomic E-state index is 0.299. The van der Waals surface area contributed by atoms with Gasteiger partial charge in [-0.15, -0.1) is 0 Å². The average molecular weight is 304 g/mol. The van der Waals surface area contributed by atoms with E-state index >= 15 is 0 Å². The zero-order valence-electron chi connectivity index (χ0n) is 13.5. The number of aromatic nitrogens is 1. The maximum atomic E-state index is 9.86. The molecule has 1 saturated heterocycles. The summed E-state index contributed by atoms with van der Waals surface area (Å²) in [6.45, 7) is 7.29. The molecule has 0 bridgehead atoms. The first-order valence-corrected chi connectivity index (χ1v) is 8.56. The number of aryl methyl sites for hydroxylation is 1. The molecule has 1 aromatic heterocycles. The van der Waals surface area contributed by atoms with Crippen molar-refractivity contribution in [2.75, 3.05) is 26.2 Å². The second kappa shape index (κ2) is 7.40. The Labute approximate surface area is 133 Å². The Morgan fingerprint density at radius 1 is 1.23 bits per heavy atom. The van der Waals surface area contributed by atoms with Crippen LogP contribution >= 0.6 is 0 Å². The van der Waals surface area contributed by atoms with Crippen LogP contribution in [-0.4, -0.2) is 53.3 Å². The lowest BCUT2D eigenvalue weighted by atomic mass is 9.90. The smallest absolute Gasteiger partial charge is 0.138 e. The molecule has 0 aromatic carbocycles. The van der Waals surface area contributed by atoms with Gasteiger partial charge in [0.15, 0.2) is 0 Å². The van der Waals surface area contributed by atoms with Crippen molar-refractivity contribution in [3.8, 4) is 5.75 Å². The van der Waals surface area contributed by atoms with Gasteiger partial charge in [0.1, 0.15) is 5.75 Å². The van der Waals surface area contributed by atoms with Crippen molar-refractivity contribution in [2.45, 2.75) is 51.2 Å². The van der Waals surface area contributed by atoms with Gasteiger partial charge in [0.2, 0.25) is 0 Å². The summed E-state index contributed by atoms with van der Waals surface area (Å²) in [4.78, 5) is 7.07. The van der Waals surface area contributed by atoms with E-state index in [1.165, 1.54) is 38.8 Å². The van der Waals surface area contributed by atoms with Crippen molar-refractivity contribution in [3.05, 3.63) is 23.5 Å². The van der Waals surface area contributed by atoms with Crippen molar-refractivity contribution in [2.24, 2.45) is 0 Å². The Kier molecular flexibility index (Phi) is 5.28. The molecule has 2 heterocycles. The van der Waals surface area contributed by atoms with Gasteiger partial charge in [0, 0.05) is 50.5 Å². The highest BCUT2D eigenvalue weighted by atomic mass is 16.3. The van der Waals surface area contributed by atoms with Crippen molar-refractivity contribution < 1.29 is 5.11 Å². The molecule has 3 N–H and O–H groups in total. The molecule has 1 saturated carbocycles. The summed E-state index contributed by atoms with van der Waals surface area (Å²) in [6, 6.07) is 4.91. The summed E-state index contributed by atoms with van der Waals surface area (Å²) in [5, 5.41) is 16.9. The second-order valence-corrected chi connectivity index (χ2v) is 6.59. The van der Waals surface area contributed by atoms with Crippen LogP contribution in [0, 0.1) is 6.92 Å². The van der Waals surface area contributed by atoms with E-state index in [1.807, 2.05) is 13.0 Å². The van der Waals surface area contributed by atoms with Crippen LogP contribution in [0.1, 0.15) is 37.1 Å². The monoisotopic (exact) mass is 304 g/mol. The summed E-state index contributed by atoms with van der Waals surface area (Å²) in [7, 11) is 0. The molecule has 1 aromatic rings. The van der Waals surface area contributed by atoms with Gasteiger partial charge < -0.3 is 15.7 Å². The minimum Gasteiger partial charge on any atom is -0.506 e. The molecule has 2 aliphatic rings. The molecule has 0 atom stereocenters. The van der Waals surface area contributed by atoms with Crippen molar-refractivity contribution in [1.82, 2.24) is 20.5 Å². The Bertz CT molecular complexity index is 480. The molecule has 5 nitrogen and oxygen atoms in total. The van der Waals surface area contributed by atoms with E-state index in [0.29, 0.717) is 18.3 Å². The average Bonchev–Trinajstić information content (AvgIpc) is 2.57. The number of piperazine rings is 1. The molecular weight excluding hydrogens is 276 g/mol. The van der Waals surface area contributed by atoms with Crippen LogP contribution in [0.3, 0.4) is 0 Å². The van der Waals surface area contributed by atoms with Crippen LogP contribution in [0.2, 0.25) is 0 Å². The summed E-state index contributed by atoms with van der Waals surface area (Å²) >= 11 is 0. The summed E-state index contributed by atoms with van der Waals surface area (Å²) in [5.41, 5.74) is 1.72. The van der Waals surface area contributed by atoms with E-state index in [2.05, 4.69) is 20.5 Å². The number of nitrogens with one attached hydrogen (secondary N) is 2. The Hall–Kier alpha value is -1.17. The zero-order chi connectivity index (χ0) is 15.4. The van der Waals surface area contributed by atoms with Crippen LogP contribution in [0.4, 0.5) is 0 Å². The molecule has 5 heteroatoms. The van der Waals surface area contributed by atoms with E-state index < -0.39 is 0 Å². The van der Waals surface area contributed by atoms with Crippen molar-refractivity contribution in [1.29, 1.82) is 0 Å². The molecule has 122 valence electrons. The Balaban J connectivity index is 1.44. The van der Waals surface area contributed by atoms with Gasteiger partial charge in [0.25, 0.3) is 0 Å². The highest BCUT2D eigenvalue weighted by molar-refractivity contribution is 5.27. The maximum absolute atomic E-state index is 9.86. The van der Waals surface area contributed by atoms with Gasteiger partial charge in [-0.25, -0.2) is 0 Å². The number of aromatic hydroxyl groups is 1. The van der Waals surface area contributed by atoms with E-state index in [9.17, 15) is 5.11 Å². The fourth-order valence-corrected chi connectivity index (χ4v) is 3.67. The molecule has 2 fully saturated rings. The third-order valence-corrected chi connectivity index (χ3v) is 5.01. The number of nitrogens with zero attached hydrogens (tertiary/aromatic N) is 2. The lowest BCUT2D eigenvalue weighted by Crippen LogP contribution is -2.50. The predicted octanol–water partition coefficient (Wildman–Crippen LogP) is 1.40. The minimum absolute atomic E-state index is 0.299. The molecule has 3 rings (SSSR count). The van der Waals surface area contributed by atoms with Crippen LogP contribution in [0.25, 0.3) is 0 Å². The van der Waals surface area contributed by atoms with Gasteiger partial charge in [-0.1, -0.05) is 0 Å². The van der Waals surface area contributed by atoms with Crippen LogP contribution in [-0.2, 0) is 6.54 Å². The maximum Gasteiger partial charge on any atom is 0.138 e. The van der Waals surface area contributed by atoms with E-state index in [1.54, 1.807) is 6.07 Å². The molecule has 0 unspecified atom stereocenters. The fraction of sp³-hybridized carbons (Fsp3) is 0.706. The number of hydrogen-bond acceptors (Lipinski definition) is 5. The Morgan fingerprint density at radius 3 is 2.68 bits per heavy atom. The largest absolute Gasteiger partial charge is 0.506 e. The topological polar surface area (TPSA) is 60.4 Å². The third-order valence-electron chi connectivity index (χ3n) is 5.01. The van der Waals surface area contributed by atoms with Crippen LogP contribution in [0.15, 0.2) is 12.1 Å². The molecule has 1 aliphatic carbocycles. The van der Waals surface area contributed by atoms with Gasteiger partial charge in [0.05, 0.1) is 5.69 Å². The molecule has 0 spiro atoms. The summed E-state index contributed by atoms with van der Waals surface area (Å²) in [6.07, 6.45) is 5.01. The SMILES string of the molecule is Cc1ccc(O)c(CNC2CCC(N3CCNCC3)CC2)n1. The summed E-state index contributed by atoms with van der Waals surface area (Å²) in [5.74, 6) is 0.299. The normalized spacial score (nSPS) is 27.0. The predicted molar refractivity (Wildman–Crippen MR) is 88.0 cm³/mol. The zero-order valence-corrected chi connectivity index (χ0v) is 13.5. The van der Waals surface area contributed by atoms with Crippen molar-refractivity contribution >= 4 is 0 Å². The molecule has 22 heavy (non-hydrogen) atoms. The van der Waals surface area contributed by atoms with E-state index in [0.717, 1.165) is 30.5 Å². The highest BCUT2D eigenvalue weighted by Gasteiger charge is 2.26. The van der Waals surface area contributed by atoms with Crippen molar-refractivity contribution in [3.63, 3.8) is 0 Å². The van der Waals surface area contributed by atoms with Gasteiger partial charge in [-0.05, 0) is 44.7 Å². The second-order valence-electron chi connectivity index (χ2n) is 6.59. The Morgan fingerprint density at radius 2 is 1.95 bits per heavy atom. The first kappa shape index (κ1) is 15.7. The van der Waals surface area contributed by atoms with E-state index in [-0.39, 0.29) is 0 Å². The number of hydrogen-bond donors (Lipinski definition) is 3. The molecular formula is C17H28N4O. The van der Waals surface area contributed by atoms with Gasteiger partial charge >= 0.3 is 0 Å². The van der Waals surface area contributed by atoms with Crippen LogP contribution in [0.5, 0.6) is 5.75 Å². The highest BCUT2D eigenvalue weighted by Crippen LogP contribution is 2.24. The quantitative estimate of drug-likeness (QED) is 0.785. The molecule has 0 radical (unpaired) electrons. The summed E-state index contributed by atoms with van der Waals surface area (Å²) < 4.78 is 0. The van der Waals surface area contributed by atoms with Crippen LogP contribution < -0.4 is 10.6 Å². The molecule has 0 amide bonds. The number of pyridine rings is 1. The lowest BCUT2D eigenvalue weighted by molar-refractivity contribution is 0.128. The first-order valence-electron chi connectivity index (χ1n) is 8.56. The van der Waals surface area contributed by atoms with Gasteiger partial charge in [-0.2, -0.15) is 0 Å². The van der Waals surface area contributed by atoms with Gasteiger partial charge in [-0.3, -0.25) is 9.88 Å². The molecule has 1 aliphatic heterocycles. The third kappa shape index (κ3) is 3.97.